The summed E-state index contributed by atoms with van der Waals surface area (Å²) in [5, 5.41) is 3.87. The second-order valence-corrected chi connectivity index (χ2v) is 3.43. The van der Waals surface area contributed by atoms with E-state index in [1.54, 1.807) is 0 Å². The van der Waals surface area contributed by atoms with E-state index in [1.165, 1.54) is 11.3 Å². The van der Waals surface area contributed by atoms with E-state index < -0.39 is 0 Å². The van der Waals surface area contributed by atoms with Crippen molar-refractivity contribution in [1.82, 2.24) is 5.32 Å². The molecule has 0 saturated carbocycles. The van der Waals surface area contributed by atoms with Gasteiger partial charge in [0.15, 0.2) is 0 Å². The third-order valence-electron chi connectivity index (χ3n) is 1.74. The normalized spacial score (nSPS) is 26.5. The molecule has 0 amide bonds. The van der Waals surface area contributed by atoms with Crippen LogP contribution in [-0.2, 0) is 4.74 Å². The molecule has 2 rings (SSSR count). The zero-order chi connectivity index (χ0) is 8.39. The minimum absolute atomic E-state index is 0.169. The summed E-state index contributed by atoms with van der Waals surface area (Å²) in [4.78, 5) is 1.16. The molecule has 0 radical (unpaired) electrons. The lowest BCUT2D eigenvalue weighted by atomic mass is 10.2. The van der Waals surface area contributed by atoms with E-state index in [0.717, 1.165) is 24.6 Å². The van der Waals surface area contributed by atoms with Gasteiger partial charge in [-0.2, -0.15) is 0 Å². The fourth-order valence-corrected chi connectivity index (χ4v) is 1.86. The average molecular weight is 170 g/mol. The molecule has 1 aliphatic heterocycles. The van der Waals surface area contributed by atoms with E-state index in [1.807, 2.05) is 12.1 Å². The van der Waals surface area contributed by atoms with Crippen molar-refractivity contribution in [2.24, 2.45) is 0 Å². The molecule has 1 aromatic rings. The van der Waals surface area contributed by atoms with Gasteiger partial charge in [-0.3, -0.25) is 0 Å². The molecule has 2 nitrogen and oxygen atoms in total. The van der Waals surface area contributed by atoms with Crippen LogP contribution in [0.2, 0.25) is 0 Å². The van der Waals surface area contributed by atoms with Crippen LogP contribution in [-0.4, -0.2) is 19.7 Å². The molecule has 1 N–H and O–H groups in total. The summed E-state index contributed by atoms with van der Waals surface area (Å²) in [6.07, 6.45) is 0.169. The minimum Gasteiger partial charge on any atom is -0.370 e. The lowest BCUT2D eigenvalue weighted by Crippen LogP contribution is -2.32. The number of thiophene rings is 1. The second kappa shape index (κ2) is 3.34. The van der Waals surface area contributed by atoms with Crippen LogP contribution in [0.25, 0.3) is 0 Å². The topological polar surface area (TPSA) is 21.3 Å². The zero-order valence-corrected chi connectivity index (χ0v) is 6.99. The standard InChI is InChI=1S/C8H11NOS/c1-2-8(11-5-1)7-6-9-3-4-10-7/h1-2,5,7,9H,3-4,6H2/i5D. The molecule has 1 aliphatic rings. The van der Waals surface area contributed by atoms with Crippen molar-refractivity contribution in [3.8, 4) is 0 Å². The Kier molecular flexibility index (Phi) is 1.88. The first-order chi connectivity index (χ1) is 5.86. The van der Waals surface area contributed by atoms with Crippen LogP contribution in [0.15, 0.2) is 17.5 Å². The van der Waals surface area contributed by atoms with Crippen LogP contribution in [0, 0.1) is 0 Å². The van der Waals surface area contributed by atoms with Gasteiger partial charge < -0.3 is 10.1 Å². The maximum Gasteiger partial charge on any atom is 0.104 e. The second-order valence-electron chi connectivity index (χ2n) is 2.52. The number of nitrogens with one attached hydrogen (secondary N) is 1. The first kappa shape index (κ1) is 6.17. The van der Waals surface area contributed by atoms with Crippen LogP contribution < -0.4 is 5.32 Å². The summed E-state index contributed by atoms with van der Waals surface area (Å²) in [5.41, 5.74) is 0. The Labute approximate surface area is 71.6 Å². The van der Waals surface area contributed by atoms with E-state index in [0.29, 0.717) is 5.36 Å². The largest absolute Gasteiger partial charge is 0.370 e. The maximum absolute atomic E-state index is 7.38. The van der Waals surface area contributed by atoms with Gasteiger partial charge in [0, 0.05) is 18.0 Å². The number of hydrogen-bond acceptors (Lipinski definition) is 3. The molecule has 0 aliphatic carbocycles. The quantitative estimate of drug-likeness (QED) is 0.688. The molecule has 2 heterocycles. The predicted molar refractivity (Wildman–Crippen MR) is 45.9 cm³/mol. The summed E-state index contributed by atoms with van der Waals surface area (Å²) >= 11 is 1.50. The molecule has 11 heavy (non-hydrogen) atoms. The monoisotopic (exact) mass is 170 g/mol. The smallest absolute Gasteiger partial charge is 0.104 e. The summed E-state index contributed by atoms with van der Waals surface area (Å²) in [7, 11) is 0. The third kappa shape index (κ3) is 1.61. The molecule has 0 spiro atoms. The van der Waals surface area contributed by atoms with Gasteiger partial charge in [-0.05, 0) is 11.4 Å². The van der Waals surface area contributed by atoms with E-state index in [9.17, 15) is 0 Å². The van der Waals surface area contributed by atoms with Crippen molar-refractivity contribution < 1.29 is 6.11 Å². The van der Waals surface area contributed by atoms with Gasteiger partial charge in [0.1, 0.15) is 6.10 Å². The molecular weight excluding hydrogens is 158 g/mol. The molecule has 0 aromatic carbocycles. The van der Waals surface area contributed by atoms with Crippen molar-refractivity contribution in [3.63, 3.8) is 0 Å². The highest BCUT2D eigenvalue weighted by atomic mass is 32.1. The number of hydrogen-bond donors (Lipinski definition) is 1. The Morgan fingerprint density at radius 1 is 1.82 bits per heavy atom. The van der Waals surface area contributed by atoms with Crippen molar-refractivity contribution in [2.75, 3.05) is 19.7 Å². The molecule has 1 fully saturated rings. The van der Waals surface area contributed by atoms with Crippen molar-refractivity contribution in [2.45, 2.75) is 6.10 Å². The Morgan fingerprint density at radius 3 is 3.45 bits per heavy atom. The molecule has 1 saturated heterocycles. The molecule has 3 heteroatoms. The Balaban J connectivity index is 2.08. The van der Waals surface area contributed by atoms with Gasteiger partial charge in [0.25, 0.3) is 0 Å². The van der Waals surface area contributed by atoms with Gasteiger partial charge in [0.05, 0.1) is 7.98 Å². The minimum atomic E-state index is 0.169. The fourth-order valence-electron chi connectivity index (χ4n) is 1.17. The molecule has 60 valence electrons. The Bertz CT molecular complexity index is 257. The number of rotatable bonds is 1. The SMILES string of the molecule is [2H]c1ccc(C2CNCCO2)s1. The molecule has 1 aromatic heterocycles. The van der Waals surface area contributed by atoms with Crippen molar-refractivity contribution in [3.05, 3.63) is 22.4 Å². The number of morpholine rings is 1. The lowest BCUT2D eigenvalue weighted by molar-refractivity contribution is 0.0299. The molecular formula is C8H11NOS. The first-order valence-corrected chi connectivity index (χ1v) is 4.56. The first-order valence-electron chi connectivity index (χ1n) is 4.25. The Morgan fingerprint density at radius 2 is 2.82 bits per heavy atom. The highest BCUT2D eigenvalue weighted by molar-refractivity contribution is 7.10. The summed E-state index contributed by atoms with van der Waals surface area (Å²) in [6, 6.07) is 3.79. The summed E-state index contributed by atoms with van der Waals surface area (Å²) in [5.74, 6) is 0. The van der Waals surface area contributed by atoms with Gasteiger partial charge in [-0.15, -0.1) is 11.3 Å². The van der Waals surface area contributed by atoms with Crippen LogP contribution in [0.1, 0.15) is 12.4 Å². The molecule has 1 unspecified atom stereocenters. The third-order valence-corrected chi connectivity index (χ3v) is 2.63. The van der Waals surface area contributed by atoms with E-state index >= 15 is 0 Å². The van der Waals surface area contributed by atoms with E-state index in [4.69, 9.17) is 6.11 Å². The van der Waals surface area contributed by atoms with Gasteiger partial charge >= 0.3 is 0 Å². The number of ether oxygens (including phenoxy) is 1. The lowest BCUT2D eigenvalue weighted by Gasteiger charge is -2.22. The fraction of sp³-hybridized carbons (Fsp3) is 0.500. The average Bonchev–Trinajstić information content (AvgIpc) is 2.54. The summed E-state index contributed by atoms with van der Waals surface area (Å²) in [6.45, 7) is 2.59. The Hall–Kier alpha value is -0.380. The maximum atomic E-state index is 7.38. The molecule has 1 atom stereocenters. The van der Waals surface area contributed by atoms with Gasteiger partial charge in [-0.1, -0.05) is 6.07 Å². The highest BCUT2D eigenvalue weighted by Gasteiger charge is 2.15. The van der Waals surface area contributed by atoms with Crippen molar-refractivity contribution in [1.29, 1.82) is 0 Å². The van der Waals surface area contributed by atoms with Crippen LogP contribution in [0.5, 0.6) is 0 Å². The van der Waals surface area contributed by atoms with Crippen molar-refractivity contribution >= 4 is 11.3 Å². The van der Waals surface area contributed by atoms with E-state index in [-0.39, 0.29) is 6.10 Å². The van der Waals surface area contributed by atoms with Gasteiger partial charge in [0.2, 0.25) is 0 Å². The zero-order valence-electron chi connectivity index (χ0n) is 7.17. The highest BCUT2D eigenvalue weighted by Crippen LogP contribution is 2.22. The molecule has 0 bridgehead atoms. The summed E-state index contributed by atoms with van der Waals surface area (Å²) < 4.78 is 12.9. The van der Waals surface area contributed by atoms with Gasteiger partial charge in [-0.25, -0.2) is 0 Å². The van der Waals surface area contributed by atoms with E-state index in [2.05, 4.69) is 5.32 Å². The van der Waals surface area contributed by atoms with Crippen LogP contribution in [0.3, 0.4) is 0 Å². The predicted octanol–water partition coefficient (Wildman–Crippen LogP) is 1.41. The van der Waals surface area contributed by atoms with Crippen LogP contribution >= 0.6 is 11.3 Å². The van der Waals surface area contributed by atoms with Crippen LogP contribution in [0.4, 0.5) is 0 Å².